The number of fused-ring (bicyclic) bond motifs is 1. The number of nitrogens with zero attached hydrogens (tertiary/aromatic N) is 2. The Labute approximate surface area is 120 Å². The lowest BCUT2D eigenvalue weighted by Crippen LogP contribution is -2.07. The van der Waals surface area contributed by atoms with Crippen LogP contribution in [0.1, 0.15) is 24.8 Å². The summed E-state index contributed by atoms with van der Waals surface area (Å²) in [6.45, 7) is 1.03. The summed E-state index contributed by atoms with van der Waals surface area (Å²) in [5.74, 6) is 2.29. The lowest BCUT2D eigenvalue weighted by atomic mass is 10.2. The van der Waals surface area contributed by atoms with E-state index < -0.39 is 0 Å². The van der Waals surface area contributed by atoms with Gasteiger partial charge in [-0.2, -0.15) is 5.10 Å². The molecule has 6 nitrogen and oxygen atoms in total. The van der Waals surface area contributed by atoms with E-state index in [-0.39, 0.29) is 12.9 Å². The third kappa shape index (κ3) is 1.82. The molecule has 0 saturated carbocycles. The smallest absolute Gasteiger partial charge is 0.231 e. The second-order valence-electron chi connectivity index (χ2n) is 4.76. The van der Waals surface area contributed by atoms with Crippen molar-refractivity contribution in [2.45, 2.75) is 18.9 Å². The minimum Gasteiger partial charge on any atom is -0.454 e. The van der Waals surface area contributed by atoms with Gasteiger partial charge in [0.15, 0.2) is 22.1 Å². The molecule has 2 aliphatic heterocycles. The van der Waals surface area contributed by atoms with Crippen LogP contribution in [-0.4, -0.2) is 28.2 Å². The van der Waals surface area contributed by atoms with Crippen molar-refractivity contribution in [3.63, 3.8) is 0 Å². The molecule has 0 unspecified atom stereocenters. The molecule has 1 aromatic heterocycles. The Morgan fingerprint density at radius 2 is 2.20 bits per heavy atom. The molecule has 2 aliphatic rings. The summed E-state index contributed by atoms with van der Waals surface area (Å²) in [7, 11) is 0. The first kappa shape index (κ1) is 11.9. The highest BCUT2D eigenvalue weighted by Crippen LogP contribution is 2.35. The molecular formula is C13H13N3O3S. The summed E-state index contributed by atoms with van der Waals surface area (Å²) < 4.78 is 18.9. The predicted molar refractivity (Wildman–Crippen MR) is 72.8 cm³/mol. The normalized spacial score (nSPS) is 20.5. The molecule has 1 N–H and O–H groups in total. The number of rotatable bonds is 2. The molecule has 0 spiro atoms. The fourth-order valence-electron chi connectivity index (χ4n) is 2.58. The van der Waals surface area contributed by atoms with Crippen molar-refractivity contribution in [1.82, 2.24) is 14.8 Å². The zero-order valence-corrected chi connectivity index (χ0v) is 11.5. The second-order valence-corrected chi connectivity index (χ2v) is 5.15. The first-order valence-corrected chi connectivity index (χ1v) is 6.93. The van der Waals surface area contributed by atoms with Gasteiger partial charge in [-0.15, -0.1) is 0 Å². The maximum atomic E-state index is 5.70. The van der Waals surface area contributed by atoms with Crippen LogP contribution in [0, 0.1) is 4.77 Å². The van der Waals surface area contributed by atoms with Crippen LogP contribution in [0.4, 0.5) is 0 Å². The summed E-state index contributed by atoms with van der Waals surface area (Å²) in [6.07, 6.45) is 2.00. The van der Waals surface area contributed by atoms with Crippen molar-refractivity contribution in [3.8, 4) is 17.2 Å². The molecule has 3 heterocycles. The van der Waals surface area contributed by atoms with Gasteiger partial charge in [-0.25, -0.2) is 0 Å². The van der Waals surface area contributed by atoms with Gasteiger partial charge in [0, 0.05) is 12.7 Å². The first-order chi connectivity index (χ1) is 9.83. The number of hydrogen-bond acceptors (Lipinski definition) is 5. The Hall–Kier alpha value is -1.86. The second kappa shape index (κ2) is 4.60. The quantitative estimate of drug-likeness (QED) is 0.861. The molecule has 0 bridgehead atoms. The number of benzene rings is 1. The Kier molecular flexibility index (Phi) is 2.75. The Balaban J connectivity index is 1.81. The molecule has 20 heavy (non-hydrogen) atoms. The van der Waals surface area contributed by atoms with Crippen molar-refractivity contribution in [2.24, 2.45) is 0 Å². The lowest BCUT2D eigenvalue weighted by Gasteiger charge is -2.12. The molecule has 4 rings (SSSR count). The van der Waals surface area contributed by atoms with E-state index >= 15 is 0 Å². The van der Waals surface area contributed by atoms with E-state index in [1.165, 1.54) is 0 Å². The van der Waals surface area contributed by atoms with Gasteiger partial charge in [0.05, 0.1) is 5.69 Å². The van der Waals surface area contributed by atoms with Crippen LogP contribution in [0.3, 0.4) is 0 Å². The van der Waals surface area contributed by atoms with Crippen molar-refractivity contribution in [3.05, 3.63) is 28.8 Å². The van der Waals surface area contributed by atoms with Crippen molar-refractivity contribution in [2.75, 3.05) is 13.4 Å². The molecule has 1 atom stereocenters. The van der Waals surface area contributed by atoms with Crippen LogP contribution in [0.5, 0.6) is 11.5 Å². The topological polar surface area (TPSA) is 61.3 Å². The van der Waals surface area contributed by atoms with Crippen LogP contribution in [-0.2, 0) is 4.74 Å². The van der Waals surface area contributed by atoms with Gasteiger partial charge in [0.25, 0.3) is 0 Å². The Morgan fingerprint density at radius 3 is 3.05 bits per heavy atom. The summed E-state index contributed by atoms with van der Waals surface area (Å²) in [4.78, 5) is 0. The van der Waals surface area contributed by atoms with Gasteiger partial charge in [0.2, 0.25) is 6.79 Å². The number of ether oxygens (including phenoxy) is 3. The number of hydrogen-bond donors (Lipinski definition) is 1. The van der Waals surface area contributed by atoms with Crippen LogP contribution >= 0.6 is 12.2 Å². The highest BCUT2D eigenvalue weighted by molar-refractivity contribution is 7.71. The highest BCUT2D eigenvalue weighted by Gasteiger charge is 2.25. The monoisotopic (exact) mass is 291 g/mol. The lowest BCUT2D eigenvalue weighted by molar-refractivity contribution is 0.103. The fraction of sp³-hybridized carbons (Fsp3) is 0.385. The van der Waals surface area contributed by atoms with Crippen LogP contribution in [0.25, 0.3) is 5.69 Å². The fourth-order valence-corrected chi connectivity index (χ4v) is 2.82. The van der Waals surface area contributed by atoms with E-state index in [1.807, 2.05) is 22.8 Å². The van der Waals surface area contributed by atoms with Gasteiger partial charge in [-0.1, -0.05) is 0 Å². The third-order valence-corrected chi connectivity index (χ3v) is 3.80. The van der Waals surface area contributed by atoms with Gasteiger partial charge in [-0.3, -0.25) is 9.67 Å². The summed E-state index contributed by atoms with van der Waals surface area (Å²) in [6, 6.07) is 5.73. The minimum absolute atomic E-state index is 0.00614. The van der Waals surface area contributed by atoms with Gasteiger partial charge in [0.1, 0.15) is 6.10 Å². The maximum Gasteiger partial charge on any atom is 0.231 e. The van der Waals surface area contributed by atoms with Crippen LogP contribution in [0.2, 0.25) is 0 Å². The molecule has 0 amide bonds. The number of H-pyrrole nitrogens is 1. The number of nitrogens with one attached hydrogen (secondary N) is 1. The minimum atomic E-state index is -0.00614. The third-order valence-electron chi connectivity index (χ3n) is 3.53. The predicted octanol–water partition coefficient (Wildman–Crippen LogP) is 2.51. The van der Waals surface area contributed by atoms with E-state index in [0.29, 0.717) is 4.77 Å². The van der Waals surface area contributed by atoms with E-state index in [0.717, 1.165) is 42.5 Å². The molecule has 1 saturated heterocycles. The van der Waals surface area contributed by atoms with E-state index in [2.05, 4.69) is 10.2 Å². The largest absolute Gasteiger partial charge is 0.454 e. The molecule has 1 aromatic carbocycles. The van der Waals surface area contributed by atoms with E-state index in [1.54, 1.807) is 0 Å². The summed E-state index contributed by atoms with van der Waals surface area (Å²) >= 11 is 5.34. The Morgan fingerprint density at radius 1 is 1.30 bits per heavy atom. The van der Waals surface area contributed by atoms with E-state index in [4.69, 9.17) is 26.4 Å². The van der Waals surface area contributed by atoms with Gasteiger partial charge >= 0.3 is 0 Å². The summed E-state index contributed by atoms with van der Waals surface area (Å²) in [5.41, 5.74) is 0.901. The van der Waals surface area contributed by atoms with Gasteiger partial charge in [-0.05, 0) is 37.2 Å². The Bertz CT molecular complexity index is 703. The van der Waals surface area contributed by atoms with Gasteiger partial charge < -0.3 is 14.2 Å². The molecule has 2 aromatic rings. The number of aromatic amines is 1. The molecular weight excluding hydrogens is 278 g/mol. The highest BCUT2D eigenvalue weighted by atomic mass is 32.1. The molecule has 1 fully saturated rings. The molecule has 104 valence electrons. The zero-order chi connectivity index (χ0) is 13.5. The van der Waals surface area contributed by atoms with Crippen LogP contribution < -0.4 is 9.47 Å². The van der Waals surface area contributed by atoms with Crippen molar-refractivity contribution < 1.29 is 14.2 Å². The average molecular weight is 291 g/mol. The van der Waals surface area contributed by atoms with Crippen molar-refractivity contribution >= 4 is 12.2 Å². The molecule has 0 radical (unpaired) electrons. The standard InChI is InChI=1S/C13H13N3O3S/c20-13-15-14-12(10-2-1-5-17-10)16(13)8-3-4-9-11(6-8)19-7-18-9/h3-4,6,10H,1-2,5,7H2,(H,15,20)/t10-/m0/s1. The summed E-state index contributed by atoms with van der Waals surface area (Å²) in [5, 5.41) is 7.16. The SMILES string of the molecule is S=c1[nH]nc([C@@H]2CCCO2)n1-c1ccc2c(c1)OCO2. The number of aromatic nitrogens is 3. The van der Waals surface area contributed by atoms with Crippen LogP contribution in [0.15, 0.2) is 18.2 Å². The van der Waals surface area contributed by atoms with E-state index in [9.17, 15) is 0 Å². The molecule has 0 aliphatic carbocycles. The molecule has 7 heteroatoms. The zero-order valence-electron chi connectivity index (χ0n) is 10.7. The van der Waals surface area contributed by atoms with Crippen molar-refractivity contribution in [1.29, 1.82) is 0 Å². The first-order valence-electron chi connectivity index (χ1n) is 6.52. The average Bonchev–Trinajstić information content (AvgIpc) is 3.17. The maximum absolute atomic E-state index is 5.70.